The first kappa shape index (κ1) is 19.9. The van der Waals surface area contributed by atoms with Crippen molar-refractivity contribution in [3.63, 3.8) is 0 Å². The van der Waals surface area contributed by atoms with Crippen LogP contribution in [-0.2, 0) is 0 Å². The molecule has 7 nitrogen and oxygen atoms in total. The number of piperidine rings is 1. The van der Waals surface area contributed by atoms with Gasteiger partial charge in [0.25, 0.3) is 0 Å². The number of ether oxygens (including phenoxy) is 2. The minimum absolute atomic E-state index is 0.299. The van der Waals surface area contributed by atoms with E-state index in [9.17, 15) is 0 Å². The van der Waals surface area contributed by atoms with E-state index in [1.807, 2.05) is 37.3 Å². The molecule has 0 aliphatic carbocycles. The van der Waals surface area contributed by atoms with Crippen LogP contribution in [0.4, 0.5) is 11.5 Å². The van der Waals surface area contributed by atoms with Crippen LogP contribution in [0.1, 0.15) is 18.5 Å². The number of aromatic nitrogens is 3. The van der Waals surface area contributed by atoms with E-state index in [0.29, 0.717) is 11.9 Å². The molecule has 1 N–H and O–H groups in total. The summed E-state index contributed by atoms with van der Waals surface area (Å²) in [5.41, 5.74) is 2.87. The fraction of sp³-hybridized carbons (Fsp3) is 0.348. The number of hydrogen-bond acceptors (Lipinski definition) is 7. The molecular weight excluding hydrogens is 378 g/mol. The molecule has 0 saturated carbocycles. The van der Waals surface area contributed by atoms with Crippen molar-refractivity contribution in [2.75, 3.05) is 37.5 Å². The minimum atomic E-state index is 0.299. The van der Waals surface area contributed by atoms with E-state index in [1.165, 1.54) is 0 Å². The SMILES string of the molecule is COc1cc(NC2CCCN(c3cc(C)nc(-c4cccnc4)n3)C2)cc(OC)c1. The summed E-state index contributed by atoms with van der Waals surface area (Å²) in [4.78, 5) is 16.0. The van der Waals surface area contributed by atoms with Crippen molar-refractivity contribution in [3.05, 3.63) is 54.5 Å². The molecule has 0 amide bonds. The van der Waals surface area contributed by atoms with Crippen molar-refractivity contribution in [1.29, 1.82) is 0 Å². The molecule has 1 aromatic carbocycles. The Hall–Kier alpha value is -3.35. The Kier molecular flexibility index (Phi) is 5.97. The Balaban J connectivity index is 1.53. The quantitative estimate of drug-likeness (QED) is 0.666. The van der Waals surface area contributed by atoms with E-state index in [1.54, 1.807) is 26.6 Å². The maximum Gasteiger partial charge on any atom is 0.163 e. The van der Waals surface area contributed by atoms with Crippen LogP contribution in [0.15, 0.2) is 48.8 Å². The van der Waals surface area contributed by atoms with Gasteiger partial charge in [-0.05, 0) is 31.9 Å². The molecule has 1 saturated heterocycles. The first-order valence-electron chi connectivity index (χ1n) is 10.2. The molecule has 4 rings (SSSR count). The lowest BCUT2D eigenvalue weighted by Gasteiger charge is -2.34. The van der Waals surface area contributed by atoms with Gasteiger partial charge < -0.3 is 19.7 Å². The van der Waals surface area contributed by atoms with E-state index < -0.39 is 0 Å². The van der Waals surface area contributed by atoms with Crippen LogP contribution >= 0.6 is 0 Å². The normalized spacial score (nSPS) is 16.2. The summed E-state index contributed by atoms with van der Waals surface area (Å²) in [5, 5.41) is 3.64. The third-order valence-electron chi connectivity index (χ3n) is 5.23. The van der Waals surface area contributed by atoms with E-state index in [0.717, 1.165) is 60.2 Å². The van der Waals surface area contributed by atoms with Crippen molar-refractivity contribution in [2.45, 2.75) is 25.8 Å². The first-order chi connectivity index (χ1) is 14.6. The maximum absolute atomic E-state index is 5.39. The number of benzene rings is 1. The molecule has 1 unspecified atom stereocenters. The van der Waals surface area contributed by atoms with Crippen molar-refractivity contribution in [2.24, 2.45) is 0 Å². The number of anilines is 2. The second-order valence-corrected chi connectivity index (χ2v) is 7.46. The van der Waals surface area contributed by atoms with Crippen LogP contribution in [-0.4, -0.2) is 48.3 Å². The van der Waals surface area contributed by atoms with E-state index in [-0.39, 0.29) is 0 Å². The van der Waals surface area contributed by atoms with Crippen LogP contribution in [0.5, 0.6) is 11.5 Å². The average Bonchev–Trinajstić information content (AvgIpc) is 2.79. The molecule has 3 heterocycles. The van der Waals surface area contributed by atoms with Gasteiger partial charge in [-0.25, -0.2) is 9.97 Å². The number of pyridine rings is 1. The molecule has 0 radical (unpaired) electrons. The zero-order valence-electron chi connectivity index (χ0n) is 17.6. The van der Waals surface area contributed by atoms with Gasteiger partial charge in [0.2, 0.25) is 0 Å². The van der Waals surface area contributed by atoms with Crippen LogP contribution < -0.4 is 19.7 Å². The van der Waals surface area contributed by atoms with Crippen LogP contribution in [0, 0.1) is 6.92 Å². The summed E-state index contributed by atoms with van der Waals surface area (Å²) in [6.45, 7) is 3.85. The molecular formula is C23H27N5O2. The number of methoxy groups -OCH3 is 2. The van der Waals surface area contributed by atoms with Crippen molar-refractivity contribution < 1.29 is 9.47 Å². The number of nitrogens with one attached hydrogen (secondary N) is 1. The number of hydrogen-bond donors (Lipinski definition) is 1. The lowest BCUT2D eigenvalue weighted by atomic mass is 10.0. The van der Waals surface area contributed by atoms with Gasteiger partial charge in [0.05, 0.1) is 14.2 Å². The van der Waals surface area contributed by atoms with E-state index in [2.05, 4.69) is 26.3 Å². The highest BCUT2D eigenvalue weighted by Crippen LogP contribution is 2.28. The van der Waals surface area contributed by atoms with Gasteiger partial charge in [-0.15, -0.1) is 0 Å². The molecule has 0 bridgehead atoms. The summed E-state index contributed by atoms with van der Waals surface area (Å²) < 4.78 is 10.8. The Morgan fingerprint density at radius 1 is 1.07 bits per heavy atom. The Morgan fingerprint density at radius 2 is 1.87 bits per heavy atom. The predicted molar refractivity (Wildman–Crippen MR) is 118 cm³/mol. The highest BCUT2D eigenvalue weighted by Gasteiger charge is 2.22. The van der Waals surface area contributed by atoms with Crippen molar-refractivity contribution >= 4 is 11.5 Å². The molecule has 1 atom stereocenters. The molecule has 156 valence electrons. The second-order valence-electron chi connectivity index (χ2n) is 7.46. The van der Waals surface area contributed by atoms with Gasteiger partial charge in [-0.1, -0.05) is 0 Å². The van der Waals surface area contributed by atoms with Crippen LogP contribution in [0.25, 0.3) is 11.4 Å². The first-order valence-corrected chi connectivity index (χ1v) is 10.2. The van der Waals surface area contributed by atoms with Gasteiger partial charge in [0.1, 0.15) is 17.3 Å². The highest BCUT2D eigenvalue weighted by molar-refractivity contribution is 5.58. The van der Waals surface area contributed by atoms with Gasteiger partial charge in [0, 0.05) is 72.7 Å². The second kappa shape index (κ2) is 8.98. The highest BCUT2D eigenvalue weighted by atomic mass is 16.5. The zero-order chi connectivity index (χ0) is 20.9. The van der Waals surface area contributed by atoms with E-state index in [4.69, 9.17) is 14.5 Å². The average molecular weight is 406 g/mol. The third-order valence-corrected chi connectivity index (χ3v) is 5.23. The molecule has 7 heteroatoms. The van der Waals surface area contributed by atoms with Gasteiger partial charge in [-0.2, -0.15) is 0 Å². The fourth-order valence-electron chi connectivity index (χ4n) is 3.77. The molecule has 2 aromatic heterocycles. The van der Waals surface area contributed by atoms with Crippen molar-refractivity contribution in [3.8, 4) is 22.9 Å². The Morgan fingerprint density at radius 3 is 2.57 bits per heavy atom. The summed E-state index contributed by atoms with van der Waals surface area (Å²) in [6, 6.07) is 12.1. The summed E-state index contributed by atoms with van der Waals surface area (Å²) >= 11 is 0. The van der Waals surface area contributed by atoms with E-state index >= 15 is 0 Å². The fourth-order valence-corrected chi connectivity index (χ4v) is 3.77. The van der Waals surface area contributed by atoms with Crippen LogP contribution in [0.3, 0.4) is 0 Å². The molecule has 30 heavy (non-hydrogen) atoms. The summed E-state index contributed by atoms with van der Waals surface area (Å²) in [7, 11) is 3.33. The Labute approximate surface area is 177 Å². The lowest BCUT2D eigenvalue weighted by molar-refractivity contribution is 0.394. The summed E-state index contributed by atoms with van der Waals surface area (Å²) in [5.74, 6) is 3.22. The molecule has 0 spiro atoms. The van der Waals surface area contributed by atoms with Gasteiger partial charge in [-0.3, -0.25) is 4.98 Å². The monoisotopic (exact) mass is 405 g/mol. The zero-order valence-corrected chi connectivity index (χ0v) is 17.6. The van der Waals surface area contributed by atoms with Gasteiger partial charge in [0.15, 0.2) is 5.82 Å². The minimum Gasteiger partial charge on any atom is -0.497 e. The standard InChI is InChI=1S/C23H27N5O2/c1-16-10-22(27-23(25-16)17-6-4-8-24-14-17)28-9-5-7-18(15-28)26-19-11-20(29-2)13-21(12-19)30-3/h4,6,8,10-14,18,26H,5,7,9,15H2,1-3H3. The number of rotatable bonds is 6. The topological polar surface area (TPSA) is 72.4 Å². The number of aryl methyl sites for hydroxylation is 1. The molecule has 3 aromatic rings. The molecule has 1 aliphatic heterocycles. The lowest BCUT2D eigenvalue weighted by Crippen LogP contribution is -2.42. The predicted octanol–water partition coefficient (Wildman–Crippen LogP) is 3.95. The van der Waals surface area contributed by atoms with Crippen molar-refractivity contribution in [1.82, 2.24) is 15.0 Å². The largest absolute Gasteiger partial charge is 0.497 e. The van der Waals surface area contributed by atoms with Gasteiger partial charge >= 0.3 is 0 Å². The molecule has 1 fully saturated rings. The molecule has 1 aliphatic rings. The third kappa shape index (κ3) is 4.62. The van der Waals surface area contributed by atoms with Crippen LogP contribution in [0.2, 0.25) is 0 Å². The summed E-state index contributed by atoms with van der Waals surface area (Å²) in [6.07, 6.45) is 5.74. The smallest absolute Gasteiger partial charge is 0.163 e. The Bertz CT molecular complexity index is 974. The number of nitrogens with zero attached hydrogens (tertiary/aromatic N) is 4. The maximum atomic E-state index is 5.39.